The number of hydrogen-bond donors (Lipinski definition) is 0. The van der Waals surface area contributed by atoms with Crippen molar-refractivity contribution in [3.8, 4) is 113 Å². The third-order valence-corrected chi connectivity index (χ3v) is 20.7. The second-order valence-electron chi connectivity index (χ2n) is 26.4. The zero-order valence-electron chi connectivity index (χ0n) is 54.4. The van der Waals surface area contributed by atoms with Crippen molar-refractivity contribution < 1.29 is 8.83 Å². The van der Waals surface area contributed by atoms with Crippen LogP contribution in [0.5, 0.6) is 0 Å². The molecule has 0 unspecified atom stereocenters. The first kappa shape index (κ1) is 56.1. The summed E-state index contributed by atoms with van der Waals surface area (Å²) in [6.07, 6.45) is 0. The quantitative estimate of drug-likeness (QED) is 0.155. The molecule has 10 nitrogen and oxygen atoms in total. The van der Waals surface area contributed by atoms with Crippen molar-refractivity contribution in [2.24, 2.45) is 0 Å². The van der Waals surface area contributed by atoms with Crippen LogP contribution in [0.4, 0.5) is 0 Å². The Balaban J connectivity index is 0.000000130. The molecule has 23 rings (SSSR count). The molecule has 0 atom stereocenters. The summed E-state index contributed by atoms with van der Waals surface area (Å²) in [6, 6.07) is 110. The van der Waals surface area contributed by atoms with Gasteiger partial charge in [-0.3, -0.25) is 4.57 Å². The smallest absolute Gasteiger partial charge is 0.238 e. The first-order chi connectivity index (χ1) is 50.6. The first-order valence-corrected chi connectivity index (χ1v) is 34.3. The van der Waals surface area contributed by atoms with Crippen LogP contribution in [0, 0.1) is 0 Å². The van der Waals surface area contributed by atoms with Crippen LogP contribution < -0.4 is 0 Å². The van der Waals surface area contributed by atoms with Crippen LogP contribution in [0.1, 0.15) is 0 Å². The molecule has 102 heavy (non-hydrogen) atoms. The highest BCUT2D eigenvalue weighted by Gasteiger charge is 2.30. The van der Waals surface area contributed by atoms with E-state index in [9.17, 15) is 0 Å². The van der Waals surface area contributed by atoms with E-state index in [2.05, 4.69) is 185 Å². The molecule has 0 radical (unpaired) electrons. The van der Waals surface area contributed by atoms with Crippen molar-refractivity contribution in [2.45, 2.75) is 0 Å². The molecule has 0 saturated heterocycles. The molecule has 0 fully saturated rings. The Morgan fingerprint density at radius 1 is 0.206 bits per heavy atom. The van der Waals surface area contributed by atoms with Gasteiger partial charge in [-0.05, 0) is 139 Å². The van der Waals surface area contributed by atoms with Crippen LogP contribution in [0.2, 0.25) is 0 Å². The molecule has 15 aromatic carbocycles. The van der Waals surface area contributed by atoms with Gasteiger partial charge in [-0.25, -0.2) is 19.9 Å². The fraction of sp³-hybridized carbons (Fsp3) is 0. The summed E-state index contributed by atoms with van der Waals surface area (Å²) in [5.74, 6) is 3.77. The summed E-state index contributed by atoms with van der Waals surface area (Å²) < 4.78 is 17.5. The molecular weight excluding hydrogens is 1250 g/mol. The summed E-state index contributed by atoms with van der Waals surface area (Å²) in [6.45, 7) is 0. The van der Waals surface area contributed by atoms with Crippen LogP contribution >= 0.6 is 0 Å². The highest BCUT2D eigenvalue weighted by Crippen LogP contribution is 2.54. The van der Waals surface area contributed by atoms with Crippen molar-refractivity contribution in [2.75, 3.05) is 0 Å². The van der Waals surface area contributed by atoms with Gasteiger partial charge >= 0.3 is 0 Å². The molecular formula is C92H52N8O2. The highest BCUT2D eigenvalue weighted by atomic mass is 16.3. The van der Waals surface area contributed by atoms with Crippen LogP contribution in [-0.2, 0) is 0 Å². The van der Waals surface area contributed by atoms with Crippen molar-refractivity contribution >= 4 is 109 Å². The summed E-state index contributed by atoms with van der Waals surface area (Å²) in [5, 5.41) is 14.3. The molecule has 2 aliphatic carbocycles. The molecule has 0 N–H and O–H groups in total. The van der Waals surface area contributed by atoms with Crippen LogP contribution in [-0.4, -0.2) is 39.0 Å². The van der Waals surface area contributed by atoms with Crippen molar-refractivity contribution in [3.63, 3.8) is 0 Å². The Labute approximate surface area is 582 Å². The standard InChI is InChI=1S/C49H28N4O.C43H24N4O/c1-3-12-30(13-4-1)47-50-48(31-14-5-2-6-15-31)52-49(51-47)32-17-9-18-33(26-32)53-40-22-11-21-36-38-28-43-39(34-19-7-8-23-42(34)54-43)27-37(38)35-20-10-16-29-24-25-41(53)46(44(29)35)45(36)40;1-3-11-26(12-4-1)41-44-42(27-13-5-2-6-14-27)46-43(45-41)47-34-19-10-18-30-32-24-37-33(28-16-7-8-20-36(28)48-37)23-31(32)29-17-9-15-25-21-22-35(47)40(38(25)29)39(30)34/h1-28H;1-24H. The molecule has 21 aromatic rings. The van der Waals surface area contributed by atoms with E-state index in [4.69, 9.17) is 38.7 Å². The maximum atomic E-state index is 6.46. The highest BCUT2D eigenvalue weighted by molar-refractivity contribution is 6.33. The van der Waals surface area contributed by atoms with Crippen LogP contribution in [0.15, 0.2) is 324 Å². The second-order valence-corrected chi connectivity index (χ2v) is 26.4. The third-order valence-electron chi connectivity index (χ3n) is 20.7. The number of benzene rings is 15. The van der Waals surface area contributed by atoms with E-state index in [1.165, 1.54) is 76.5 Å². The van der Waals surface area contributed by atoms with Crippen LogP contribution in [0.25, 0.3) is 222 Å². The Hall–Kier alpha value is -14.0. The van der Waals surface area contributed by atoms with Crippen molar-refractivity contribution in [1.82, 2.24) is 39.0 Å². The molecule has 6 aromatic heterocycles. The van der Waals surface area contributed by atoms with Gasteiger partial charge in [0, 0.05) is 76.6 Å². The maximum Gasteiger partial charge on any atom is 0.238 e. The van der Waals surface area contributed by atoms with Crippen LogP contribution in [0.3, 0.4) is 0 Å². The Morgan fingerprint density at radius 2 is 0.559 bits per heavy atom. The second kappa shape index (κ2) is 21.8. The lowest BCUT2D eigenvalue weighted by Crippen LogP contribution is -2.06. The van der Waals surface area contributed by atoms with Crippen molar-refractivity contribution in [3.05, 3.63) is 315 Å². The number of rotatable bonds is 7. The molecule has 0 spiro atoms. The first-order valence-electron chi connectivity index (χ1n) is 34.3. The van der Waals surface area contributed by atoms with Gasteiger partial charge in [0.15, 0.2) is 29.1 Å². The molecule has 0 aliphatic heterocycles. The van der Waals surface area contributed by atoms with E-state index in [1.807, 2.05) is 140 Å². The van der Waals surface area contributed by atoms with Gasteiger partial charge in [-0.2, -0.15) is 9.97 Å². The summed E-state index contributed by atoms with van der Waals surface area (Å²) in [4.78, 5) is 30.3. The minimum atomic E-state index is 0.588. The molecule has 2 aliphatic rings. The third kappa shape index (κ3) is 8.41. The predicted octanol–water partition coefficient (Wildman–Crippen LogP) is 23.7. The molecule has 6 heterocycles. The molecule has 472 valence electrons. The number of hydrogen-bond acceptors (Lipinski definition) is 8. The van der Waals surface area contributed by atoms with Gasteiger partial charge in [0.25, 0.3) is 0 Å². The predicted molar refractivity (Wildman–Crippen MR) is 414 cm³/mol. The Kier molecular flexibility index (Phi) is 12.0. The zero-order valence-corrected chi connectivity index (χ0v) is 54.4. The fourth-order valence-corrected chi connectivity index (χ4v) is 16.3. The monoisotopic (exact) mass is 1300 g/mol. The maximum absolute atomic E-state index is 6.46. The molecule has 0 saturated carbocycles. The summed E-state index contributed by atoms with van der Waals surface area (Å²) >= 11 is 0. The number of nitrogens with zero attached hydrogens (tertiary/aromatic N) is 8. The normalized spacial score (nSPS) is 12.1. The summed E-state index contributed by atoms with van der Waals surface area (Å²) in [7, 11) is 0. The Morgan fingerprint density at radius 3 is 1.03 bits per heavy atom. The lowest BCUT2D eigenvalue weighted by molar-refractivity contribution is 0.668. The van der Waals surface area contributed by atoms with Gasteiger partial charge < -0.3 is 13.4 Å². The molecule has 0 amide bonds. The van der Waals surface area contributed by atoms with Gasteiger partial charge in [0.2, 0.25) is 5.95 Å². The lowest BCUT2D eigenvalue weighted by atomic mass is 9.92. The minimum absolute atomic E-state index is 0.588. The van der Waals surface area contributed by atoms with E-state index in [1.54, 1.807) is 0 Å². The Bertz CT molecular complexity index is 7000. The van der Waals surface area contributed by atoms with E-state index in [-0.39, 0.29) is 0 Å². The average molecular weight is 1300 g/mol. The van der Waals surface area contributed by atoms with Gasteiger partial charge in [-0.1, -0.05) is 243 Å². The topological polar surface area (TPSA) is 113 Å². The van der Waals surface area contributed by atoms with E-state index in [0.717, 1.165) is 111 Å². The largest absolute Gasteiger partial charge is 0.456 e. The van der Waals surface area contributed by atoms with E-state index >= 15 is 0 Å². The SMILES string of the molecule is c1ccc(-c2nc(-c3ccccc3)nc(-c3cccc(-n4c5cccc6c5c5c7c(cccc7ccc54)-c4cc5c(cc4-6)oc4ccccc45)c3)n2)cc1.c1ccc(-c2nc(-c3ccccc3)nc(-n3c4cccc5c4c4c6c(cccc6ccc43)-c3cc4c(cc3-5)oc3ccccc34)n2)cc1. The zero-order chi connectivity index (χ0) is 66.7. The average Bonchev–Trinajstić information content (AvgIpc) is 1.54. The lowest BCUT2D eigenvalue weighted by Gasteiger charge is -2.14. The fourth-order valence-electron chi connectivity index (χ4n) is 16.3. The van der Waals surface area contributed by atoms with Gasteiger partial charge in [-0.15, -0.1) is 0 Å². The number of aromatic nitrogens is 8. The van der Waals surface area contributed by atoms with E-state index < -0.39 is 0 Å². The van der Waals surface area contributed by atoms with Gasteiger partial charge in [0.1, 0.15) is 22.3 Å². The van der Waals surface area contributed by atoms with E-state index in [0.29, 0.717) is 35.1 Å². The number of para-hydroxylation sites is 2. The minimum Gasteiger partial charge on any atom is -0.456 e. The van der Waals surface area contributed by atoms with Gasteiger partial charge in [0.05, 0.1) is 22.1 Å². The molecule has 10 heteroatoms. The summed E-state index contributed by atoms with van der Waals surface area (Å²) in [5.41, 5.74) is 23.3. The number of fused-ring (bicyclic) bond motifs is 12. The molecule has 0 bridgehead atoms. The number of furan rings is 2. The van der Waals surface area contributed by atoms with Crippen molar-refractivity contribution in [1.29, 1.82) is 0 Å².